The SMILES string of the molecule is COCCc1ccccc1Nc1cc(Cl)ccc1N. The number of ether oxygens (including phenoxy) is 1. The van der Waals surface area contributed by atoms with Crippen LogP contribution in [-0.4, -0.2) is 13.7 Å². The maximum atomic E-state index is 5.99. The van der Waals surface area contributed by atoms with Crippen LogP contribution in [-0.2, 0) is 11.2 Å². The molecule has 0 unspecified atom stereocenters. The highest BCUT2D eigenvalue weighted by Crippen LogP contribution is 2.28. The van der Waals surface area contributed by atoms with Crippen molar-refractivity contribution in [2.24, 2.45) is 0 Å². The van der Waals surface area contributed by atoms with Crippen molar-refractivity contribution in [3.63, 3.8) is 0 Å². The first-order valence-electron chi connectivity index (χ1n) is 6.09. The molecule has 0 atom stereocenters. The summed E-state index contributed by atoms with van der Waals surface area (Å²) in [7, 11) is 1.70. The standard InChI is InChI=1S/C15H17ClN2O/c1-19-9-8-11-4-2-3-5-14(11)18-15-10-12(16)6-7-13(15)17/h2-7,10,18H,8-9,17H2,1H3. The molecule has 0 aromatic heterocycles. The van der Waals surface area contributed by atoms with Crippen LogP contribution in [0.5, 0.6) is 0 Å². The van der Waals surface area contributed by atoms with Crippen molar-refractivity contribution in [3.05, 3.63) is 53.1 Å². The predicted molar refractivity (Wildman–Crippen MR) is 81.2 cm³/mol. The van der Waals surface area contributed by atoms with E-state index in [1.807, 2.05) is 24.3 Å². The molecule has 3 nitrogen and oxygen atoms in total. The molecule has 0 radical (unpaired) electrons. The molecule has 0 aliphatic carbocycles. The number of benzene rings is 2. The van der Waals surface area contributed by atoms with Crippen molar-refractivity contribution >= 4 is 28.7 Å². The lowest BCUT2D eigenvalue weighted by atomic mass is 10.1. The largest absolute Gasteiger partial charge is 0.397 e. The third-order valence-electron chi connectivity index (χ3n) is 2.88. The minimum Gasteiger partial charge on any atom is -0.397 e. The monoisotopic (exact) mass is 276 g/mol. The Labute approximate surface area is 118 Å². The van der Waals surface area contributed by atoms with Gasteiger partial charge < -0.3 is 15.8 Å². The van der Waals surface area contributed by atoms with Crippen molar-refractivity contribution in [2.45, 2.75) is 6.42 Å². The smallest absolute Gasteiger partial charge is 0.0632 e. The van der Waals surface area contributed by atoms with Crippen molar-refractivity contribution in [2.75, 3.05) is 24.8 Å². The summed E-state index contributed by atoms with van der Waals surface area (Å²) in [5, 5.41) is 3.98. The zero-order valence-electron chi connectivity index (χ0n) is 10.8. The van der Waals surface area contributed by atoms with E-state index in [2.05, 4.69) is 11.4 Å². The summed E-state index contributed by atoms with van der Waals surface area (Å²) in [6.45, 7) is 0.684. The molecule has 0 saturated heterocycles. The highest BCUT2D eigenvalue weighted by molar-refractivity contribution is 6.31. The van der Waals surface area contributed by atoms with Gasteiger partial charge in [-0.15, -0.1) is 0 Å². The molecule has 0 fully saturated rings. The van der Waals surface area contributed by atoms with E-state index in [0.29, 0.717) is 17.3 Å². The summed E-state index contributed by atoms with van der Waals surface area (Å²) in [5.74, 6) is 0. The predicted octanol–water partition coefficient (Wildman–Crippen LogP) is 3.85. The Bertz CT molecular complexity index is 558. The van der Waals surface area contributed by atoms with E-state index in [0.717, 1.165) is 17.8 Å². The number of nitrogens with one attached hydrogen (secondary N) is 1. The van der Waals surface area contributed by atoms with E-state index < -0.39 is 0 Å². The maximum absolute atomic E-state index is 5.99. The Morgan fingerprint density at radius 2 is 1.95 bits per heavy atom. The van der Waals surface area contributed by atoms with E-state index in [-0.39, 0.29) is 0 Å². The summed E-state index contributed by atoms with van der Waals surface area (Å²) in [6, 6.07) is 13.5. The van der Waals surface area contributed by atoms with Crippen molar-refractivity contribution in [1.82, 2.24) is 0 Å². The van der Waals surface area contributed by atoms with Gasteiger partial charge in [0.1, 0.15) is 0 Å². The minimum atomic E-state index is 0.658. The van der Waals surface area contributed by atoms with Crippen LogP contribution in [0.25, 0.3) is 0 Å². The van der Waals surface area contributed by atoms with Crippen LogP contribution in [0.1, 0.15) is 5.56 Å². The van der Waals surface area contributed by atoms with Crippen molar-refractivity contribution in [1.29, 1.82) is 0 Å². The summed E-state index contributed by atoms with van der Waals surface area (Å²) in [4.78, 5) is 0. The average Bonchev–Trinajstić information content (AvgIpc) is 2.42. The molecule has 19 heavy (non-hydrogen) atoms. The third kappa shape index (κ3) is 3.63. The molecule has 2 rings (SSSR count). The number of anilines is 3. The van der Waals surface area contributed by atoms with Gasteiger partial charge >= 0.3 is 0 Å². The topological polar surface area (TPSA) is 47.3 Å². The van der Waals surface area contributed by atoms with Crippen molar-refractivity contribution < 1.29 is 4.74 Å². The summed E-state index contributed by atoms with van der Waals surface area (Å²) < 4.78 is 5.12. The number of halogens is 1. The number of hydrogen-bond donors (Lipinski definition) is 2. The molecule has 0 bridgehead atoms. The molecular weight excluding hydrogens is 260 g/mol. The first-order chi connectivity index (χ1) is 9.20. The normalized spacial score (nSPS) is 10.4. The fourth-order valence-corrected chi connectivity index (χ4v) is 2.03. The van der Waals surface area contributed by atoms with Gasteiger partial charge in [-0.2, -0.15) is 0 Å². The van der Waals surface area contributed by atoms with Crippen LogP contribution in [0, 0.1) is 0 Å². The van der Waals surface area contributed by atoms with E-state index >= 15 is 0 Å². The van der Waals surface area contributed by atoms with Crippen LogP contribution in [0.2, 0.25) is 5.02 Å². The van der Waals surface area contributed by atoms with Crippen LogP contribution in [0.15, 0.2) is 42.5 Å². The van der Waals surface area contributed by atoms with Gasteiger partial charge in [0, 0.05) is 17.8 Å². The van der Waals surface area contributed by atoms with E-state index in [1.165, 1.54) is 5.56 Å². The van der Waals surface area contributed by atoms with Gasteiger partial charge in [0.05, 0.1) is 18.0 Å². The summed E-state index contributed by atoms with van der Waals surface area (Å²) in [6.07, 6.45) is 0.847. The Kier molecular flexibility index (Phi) is 4.66. The van der Waals surface area contributed by atoms with E-state index in [1.54, 1.807) is 19.2 Å². The summed E-state index contributed by atoms with van der Waals surface area (Å²) >= 11 is 5.99. The van der Waals surface area contributed by atoms with Crippen LogP contribution >= 0.6 is 11.6 Å². The number of hydrogen-bond acceptors (Lipinski definition) is 3. The van der Waals surface area contributed by atoms with Gasteiger partial charge in [0.2, 0.25) is 0 Å². The van der Waals surface area contributed by atoms with Crippen LogP contribution in [0.3, 0.4) is 0 Å². The molecule has 0 aliphatic heterocycles. The molecular formula is C15H17ClN2O. The Balaban J connectivity index is 2.25. The zero-order valence-corrected chi connectivity index (χ0v) is 11.6. The third-order valence-corrected chi connectivity index (χ3v) is 3.11. The molecule has 4 heteroatoms. The van der Waals surface area contributed by atoms with E-state index in [4.69, 9.17) is 22.1 Å². The molecule has 0 heterocycles. The first-order valence-corrected chi connectivity index (χ1v) is 6.47. The average molecular weight is 277 g/mol. The molecule has 0 aliphatic rings. The van der Waals surface area contributed by atoms with Gasteiger partial charge in [0.25, 0.3) is 0 Å². The van der Waals surface area contributed by atoms with Gasteiger partial charge in [-0.05, 0) is 36.2 Å². The second kappa shape index (κ2) is 6.45. The number of para-hydroxylation sites is 1. The van der Waals surface area contributed by atoms with Crippen LogP contribution in [0.4, 0.5) is 17.1 Å². The molecule has 0 amide bonds. The maximum Gasteiger partial charge on any atom is 0.0632 e. The van der Waals surface area contributed by atoms with Crippen molar-refractivity contribution in [3.8, 4) is 0 Å². The summed E-state index contributed by atoms with van der Waals surface area (Å²) in [5.41, 5.74) is 9.64. The second-order valence-corrected chi connectivity index (χ2v) is 4.69. The van der Waals surface area contributed by atoms with Crippen LogP contribution < -0.4 is 11.1 Å². The second-order valence-electron chi connectivity index (χ2n) is 4.26. The number of rotatable bonds is 5. The Hall–Kier alpha value is -1.71. The molecule has 100 valence electrons. The lowest BCUT2D eigenvalue weighted by Gasteiger charge is -2.13. The van der Waals surface area contributed by atoms with Gasteiger partial charge in [-0.1, -0.05) is 29.8 Å². The molecule has 0 spiro atoms. The number of nitrogen functional groups attached to an aromatic ring is 1. The van der Waals surface area contributed by atoms with Gasteiger partial charge in [0.15, 0.2) is 0 Å². The van der Waals surface area contributed by atoms with Gasteiger partial charge in [-0.3, -0.25) is 0 Å². The number of nitrogens with two attached hydrogens (primary N) is 1. The highest BCUT2D eigenvalue weighted by atomic mass is 35.5. The lowest BCUT2D eigenvalue weighted by molar-refractivity contribution is 0.202. The quantitative estimate of drug-likeness (QED) is 0.816. The van der Waals surface area contributed by atoms with E-state index in [9.17, 15) is 0 Å². The minimum absolute atomic E-state index is 0.658. The highest BCUT2D eigenvalue weighted by Gasteiger charge is 2.05. The lowest BCUT2D eigenvalue weighted by Crippen LogP contribution is -2.01. The molecule has 2 aromatic rings. The Morgan fingerprint density at radius 3 is 2.74 bits per heavy atom. The number of methoxy groups -OCH3 is 1. The molecule has 0 saturated carbocycles. The fraction of sp³-hybridized carbons (Fsp3) is 0.200. The first kappa shape index (κ1) is 13.7. The fourth-order valence-electron chi connectivity index (χ4n) is 1.85. The molecule has 3 N–H and O–H groups in total. The van der Waals surface area contributed by atoms with Gasteiger partial charge in [-0.25, -0.2) is 0 Å². The zero-order chi connectivity index (χ0) is 13.7. The Morgan fingerprint density at radius 1 is 1.16 bits per heavy atom. The molecule has 2 aromatic carbocycles.